The molecule has 0 saturated heterocycles. The average molecular weight is 481 g/mol. The Morgan fingerprint density at radius 1 is 0.914 bits per heavy atom. The number of unbranched alkanes of at least 4 members (excludes halogenated alkanes) is 4. The van der Waals surface area contributed by atoms with Gasteiger partial charge in [-0.25, -0.2) is 4.79 Å². The largest absolute Gasteiger partial charge is 0.480 e. The van der Waals surface area contributed by atoms with Crippen molar-refractivity contribution in [2.45, 2.75) is 64.3 Å². The maximum Gasteiger partial charge on any atom is 0.407 e. The van der Waals surface area contributed by atoms with Crippen LogP contribution in [0.2, 0.25) is 0 Å². The number of carboxylic acids is 1. The molecule has 0 spiro atoms. The van der Waals surface area contributed by atoms with Crippen molar-refractivity contribution in [3.05, 3.63) is 59.7 Å². The summed E-state index contributed by atoms with van der Waals surface area (Å²) in [6, 6.07) is 16.4. The molecule has 0 atom stereocenters. The van der Waals surface area contributed by atoms with Crippen molar-refractivity contribution < 1.29 is 24.2 Å². The number of amides is 2. The summed E-state index contributed by atoms with van der Waals surface area (Å²) in [6.45, 7) is 4.26. The zero-order valence-electron chi connectivity index (χ0n) is 20.7. The van der Waals surface area contributed by atoms with E-state index < -0.39 is 12.1 Å². The fraction of sp³-hybridized carbons (Fsp3) is 0.464. The zero-order valence-corrected chi connectivity index (χ0v) is 20.7. The van der Waals surface area contributed by atoms with Gasteiger partial charge in [-0.1, -0.05) is 67.8 Å². The first-order chi connectivity index (χ1) is 16.9. The molecule has 7 nitrogen and oxygen atoms in total. The molecule has 0 heterocycles. The second-order valence-electron chi connectivity index (χ2n) is 9.28. The molecule has 2 aromatic carbocycles. The lowest BCUT2D eigenvalue weighted by Gasteiger charge is -2.24. The molecule has 1 aliphatic carbocycles. The molecule has 2 amide bonds. The molecular formula is C28H36N2O5. The number of nitrogens with one attached hydrogen (secondary N) is 1. The van der Waals surface area contributed by atoms with E-state index in [1.54, 1.807) is 0 Å². The number of carboxylic acid groups (broad SMARTS) is 1. The van der Waals surface area contributed by atoms with Crippen molar-refractivity contribution in [2.75, 3.05) is 19.7 Å². The van der Waals surface area contributed by atoms with E-state index in [0.717, 1.165) is 32.1 Å². The van der Waals surface area contributed by atoms with Gasteiger partial charge >= 0.3 is 12.1 Å². The van der Waals surface area contributed by atoms with Gasteiger partial charge in [0, 0.05) is 24.9 Å². The predicted molar refractivity (Wildman–Crippen MR) is 135 cm³/mol. The predicted octanol–water partition coefficient (Wildman–Crippen LogP) is 5.19. The molecule has 35 heavy (non-hydrogen) atoms. The number of carbonyl (C=O) groups is 3. The van der Waals surface area contributed by atoms with Gasteiger partial charge in [0.05, 0.1) is 0 Å². The van der Waals surface area contributed by atoms with E-state index in [2.05, 4.69) is 29.6 Å². The lowest BCUT2D eigenvalue weighted by Crippen LogP contribution is -2.40. The van der Waals surface area contributed by atoms with Gasteiger partial charge in [-0.15, -0.1) is 0 Å². The van der Waals surface area contributed by atoms with Crippen LogP contribution < -0.4 is 5.32 Å². The Balaban J connectivity index is 1.29. The summed E-state index contributed by atoms with van der Waals surface area (Å²) in [5, 5.41) is 11.8. The van der Waals surface area contributed by atoms with Crippen molar-refractivity contribution in [3.63, 3.8) is 0 Å². The van der Waals surface area contributed by atoms with E-state index in [1.165, 1.54) is 27.2 Å². The third-order valence-electron chi connectivity index (χ3n) is 6.43. The van der Waals surface area contributed by atoms with E-state index in [0.29, 0.717) is 19.6 Å². The fourth-order valence-electron chi connectivity index (χ4n) is 4.62. The van der Waals surface area contributed by atoms with Crippen molar-refractivity contribution >= 4 is 18.0 Å². The summed E-state index contributed by atoms with van der Waals surface area (Å²) in [7, 11) is 0. The Labute approximate surface area is 207 Å². The normalized spacial score (nSPS) is 12.2. The van der Waals surface area contributed by atoms with Crippen molar-refractivity contribution in [1.82, 2.24) is 10.2 Å². The SMILES string of the molecule is CC(C)N(CC(=O)O)C(=O)CCCCCCCNC(=O)OCC1c2ccccc2-c2ccccc21. The van der Waals surface area contributed by atoms with Gasteiger partial charge in [-0.3, -0.25) is 9.59 Å². The van der Waals surface area contributed by atoms with Crippen molar-refractivity contribution in [1.29, 1.82) is 0 Å². The van der Waals surface area contributed by atoms with Crippen LogP contribution in [0.15, 0.2) is 48.5 Å². The minimum atomic E-state index is -0.990. The molecule has 1 aliphatic rings. The molecule has 2 aromatic rings. The molecular weight excluding hydrogens is 444 g/mol. The van der Waals surface area contributed by atoms with Crippen LogP contribution in [0.1, 0.15) is 69.4 Å². The maximum absolute atomic E-state index is 12.2. The van der Waals surface area contributed by atoms with E-state index >= 15 is 0 Å². The van der Waals surface area contributed by atoms with Gasteiger partial charge in [0.25, 0.3) is 0 Å². The van der Waals surface area contributed by atoms with Crippen LogP contribution in [0, 0.1) is 0 Å². The lowest BCUT2D eigenvalue weighted by molar-refractivity contribution is -0.145. The summed E-state index contributed by atoms with van der Waals surface area (Å²) in [4.78, 5) is 36.8. The molecule has 0 saturated carbocycles. The quantitative estimate of drug-likeness (QED) is 0.385. The number of alkyl carbamates (subject to hydrolysis) is 1. The van der Waals surface area contributed by atoms with Crippen LogP contribution in [-0.4, -0.2) is 53.7 Å². The summed E-state index contributed by atoms with van der Waals surface area (Å²) in [5.41, 5.74) is 4.80. The molecule has 0 bridgehead atoms. The summed E-state index contributed by atoms with van der Waals surface area (Å²) < 4.78 is 5.55. The average Bonchev–Trinajstić information content (AvgIpc) is 3.16. The highest BCUT2D eigenvalue weighted by Crippen LogP contribution is 2.44. The fourth-order valence-corrected chi connectivity index (χ4v) is 4.62. The second-order valence-corrected chi connectivity index (χ2v) is 9.28. The summed E-state index contributed by atoms with van der Waals surface area (Å²) in [5.74, 6) is -1.05. The summed E-state index contributed by atoms with van der Waals surface area (Å²) >= 11 is 0. The Morgan fingerprint density at radius 3 is 2.09 bits per heavy atom. The van der Waals surface area contributed by atoms with Gasteiger partial charge in [-0.05, 0) is 48.9 Å². The molecule has 0 unspecified atom stereocenters. The Bertz CT molecular complexity index is 974. The Hall–Kier alpha value is -3.35. The van der Waals surface area contributed by atoms with Gasteiger partial charge in [0.1, 0.15) is 13.2 Å². The number of carbonyl (C=O) groups excluding carboxylic acids is 2. The highest BCUT2D eigenvalue weighted by molar-refractivity contribution is 5.81. The number of fused-ring (bicyclic) bond motifs is 3. The topological polar surface area (TPSA) is 95.9 Å². The minimum absolute atomic E-state index is 0.0537. The standard InChI is InChI=1S/C28H36N2O5/c1-20(2)30(18-27(32)33)26(31)16-6-4-3-5-11-17-29-28(34)35-19-25-23-14-9-7-12-21(23)22-13-8-10-15-24(22)25/h7-10,12-15,20,25H,3-6,11,16-19H2,1-2H3,(H,29,34)(H,32,33). The smallest absolute Gasteiger partial charge is 0.407 e. The van der Waals surface area contributed by atoms with E-state index in [1.807, 2.05) is 38.1 Å². The van der Waals surface area contributed by atoms with Gasteiger partial charge in [0.15, 0.2) is 0 Å². The first-order valence-electron chi connectivity index (χ1n) is 12.5. The monoisotopic (exact) mass is 480 g/mol. The molecule has 0 aliphatic heterocycles. The van der Waals surface area contributed by atoms with E-state index in [-0.39, 0.29) is 24.4 Å². The van der Waals surface area contributed by atoms with Crippen LogP contribution in [-0.2, 0) is 14.3 Å². The third-order valence-corrected chi connectivity index (χ3v) is 6.43. The second kappa shape index (κ2) is 12.9. The molecule has 0 aromatic heterocycles. The van der Waals surface area contributed by atoms with Gasteiger partial charge < -0.3 is 20.1 Å². The number of benzene rings is 2. The minimum Gasteiger partial charge on any atom is -0.480 e. The van der Waals surface area contributed by atoms with Crippen LogP contribution in [0.25, 0.3) is 11.1 Å². The number of rotatable bonds is 13. The summed E-state index contributed by atoms with van der Waals surface area (Å²) in [6.07, 6.45) is 4.35. The third kappa shape index (κ3) is 7.31. The first kappa shape index (κ1) is 26.3. The Morgan fingerprint density at radius 2 is 1.49 bits per heavy atom. The highest BCUT2D eigenvalue weighted by Gasteiger charge is 2.28. The number of nitrogens with zero attached hydrogens (tertiary/aromatic N) is 1. The number of aliphatic carboxylic acids is 1. The van der Waals surface area contributed by atoms with E-state index in [9.17, 15) is 14.4 Å². The van der Waals surface area contributed by atoms with E-state index in [4.69, 9.17) is 9.84 Å². The number of ether oxygens (including phenoxy) is 1. The van der Waals surface area contributed by atoms with Gasteiger partial charge in [-0.2, -0.15) is 0 Å². The van der Waals surface area contributed by atoms with Crippen LogP contribution in [0.3, 0.4) is 0 Å². The van der Waals surface area contributed by atoms with Crippen LogP contribution in [0.4, 0.5) is 4.79 Å². The van der Waals surface area contributed by atoms with Crippen LogP contribution >= 0.6 is 0 Å². The van der Waals surface area contributed by atoms with Crippen molar-refractivity contribution in [2.24, 2.45) is 0 Å². The molecule has 0 fully saturated rings. The lowest BCUT2D eigenvalue weighted by atomic mass is 9.98. The first-order valence-corrected chi connectivity index (χ1v) is 12.5. The molecule has 2 N–H and O–H groups in total. The van der Waals surface area contributed by atoms with Gasteiger partial charge in [0.2, 0.25) is 5.91 Å². The number of hydrogen-bond donors (Lipinski definition) is 2. The van der Waals surface area contributed by atoms with Crippen LogP contribution in [0.5, 0.6) is 0 Å². The number of hydrogen-bond acceptors (Lipinski definition) is 4. The molecule has 0 radical (unpaired) electrons. The molecule has 3 rings (SSSR count). The molecule has 7 heteroatoms. The Kier molecular flexibility index (Phi) is 9.70. The zero-order chi connectivity index (χ0) is 25.2. The highest BCUT2D eigenvalue weighted by atomic mass is 16.5. The van der Waals surface area contributed by atoms with Crippen molar-refractivity contribution in [3.8, 4) is 11.1 Å². The maximum atomic E-state index is 12.2. The molecule has 188 valence electrons.